The van der Waals surface area contributed by atoms with Crippen LogP contribution in [0.5, 0.6) is 0 Å². The Balaban J connectivity index is 1.33. The Morgan fingerprint density at radius 3 is 2.78 bits per heavy atom. The number of rotatable bonds is 4. The minimum absolute atomic E-state index is 0.0837. The molecule has 3 aromatic rings. The summed E-state index contributed by atoms with van der Waals surface area (Å²) in [5.74, 6) is 1.48. The summed E-state index contributed by atoms with van der Waals surface area (Å²) in [5.41, 5.74) is 3.25. The van der Waals surface area contributed by atoms with Crippen molar-refractivity contribution < 1.29 is 4.79 Å². The summed E-state index contributed by atoms with van der Waals surface area (Å²) in [6.45, 7) is 0. The van der Waals surface area contributed by atoms with Crippen LogP contribution >= 0.6 is 0 Å². The summed E-state index contributed by atoms with van der Waals surface area (Å²) in [7, 11) is 0. The number of benzene rings is 2. The average Bonchev–Trinajstić information content (AvgIpc) is 3.40. The zero-order chi connectivity index (χ0) is 18.4. The third-order valence-electron chi connectivity index (χ3n) is 6.56. The molecule has 1 heterocycles. The zero-order valence-corrected chi connectivity index (χ0v) is 15.2. The molecule has 1 unspecified atom stereocenters. The molecule has 0 radical (unpaired) electrons. The van der Waals surface area contributed by atoms with Crippen molar-refractivity contribution in [2.45, 2.75) is 38.1 Å². The Bertz CT molecular complexity index is 1060. The number of nitriles is 1. The maximum Gasteiger partial charge on any atom is 0.224 e. The van der Waals surface area contributed by atoms with Gasteiger partial charge in [-0.1, -0.05) is 36.8 Å². The van der Waals surface area contributed by atoms with Crippen molar-refractivity contribution >= 4 is 27.7 Å². The highest BCUT2D eigenvalue weighted by molar-refractivity contribution is 6.07. The first-order valence-electron chi connectivity index (χ1n) is 9.90. The molecule has 0 saturated heterocycles. The van der Waals surface area contributed by atoms with Gasteiger partial charge in [0.15, 0.2) is 0 Å². The van der Waals surface area contributed by atoms with E-state index in [2.05, 4.69) is 46.7 Å². The summed E-state index contributed by atoms with van der Waals surface area (Å²) in [6.07, 6.45) is 5.20. The van der Waals surface area contributed by atoms with Crippen LogP contribution in [0.2, 0.25) is 0 Å². The molecule has 136 valence electrons. The van der Waals surface area contributed by atoms with E-state index in [1.54, 1.807) is 0 Å². The molecular weight excluding hydrogens is 334 g/mol. The van der Waals surface area contributed by atoms with E-state index in [4.69, 9.17) is 0 Å². The van der Waals surface area contributed by atoms with Gasteiger partial charge in [-0.05, 0) is 48.8 Å². The molecule has 4 heteroatoms. The van der Waals surface area contributed by atoms with Crippen molar-refractivity contribution in [1.29, 1.82) is 5.26 Å². The number of para-hydroxylation sites is 1. The van der Waals surface area contributed by atoms with Crippen LogP contribution in [-0.4, -0.2) is 16.9 Å². The minimum atomic E-state index is -0.474. The van der Waals surface area contributed by atoms with Gasteiger partial charge in [0.1, 0.15) is 6.04 Å². The Hall–Kier alpha value is -2.80. The van der Waals surface area contributed by atoms with Crippen LogP contribution in [0.4, 0.5) is 0 Å². The van der Waals surface area contributed by atoms with Gasteiger partial charge in [-0.3, -0.25) is 4.79 Å². The Morgan fingerprint density at radius 2 is 2.00 bits per heavy atom. The summed E-state index contributed by atoms with van der Waals surface area (Å²) in [5, 5.41) is 15.0. The molecule has 4 atom stereocenters. The summed E-state index contributed by atoms with van der Waals surface area (Å²) in [4.78, 5) is 16.1. The second-order valence-corrected chi connectivity index (χ2v) is 8.23. The first-order valence-corrected chi connectivity index (χ1v) is 9.90. The molecule has 5 rings (SSSR count). The SMILES string of the molecule is N#CC(Cc1ccc2c(c1)[nH]c1ccccc12)NC(=O)[C@H]1C[C@@H]2CC[C@H]1C2. The number of hydrogen-bond donors (Lipinski definition) is 2. The molecule has 0 spiro atoms. The lowest BCUT2D eigenvalue weighted by Crippen LogP contribution is -2.40. The maximum atomic E-state index is 12.7. The van der Waals surface area contributed by atoms with Crippen LogP contribution in [0.15, 0.2) is 42.5 Å². The molecule has 1 aromatic heterocycles. The molecule has 1 amide bonds. The Morgan fingerprint density at radius 1 is 1.15 bits per heavy atom. The smallest absolute Gasteiger partial charge is 0.224 e. The van der Waals surface area contributed by atoms with Crippen molar-refractivity contribution in [1.82, 2.24) is 10.3 Å². The number of nitrogens with zero attached hydrogens (tertiary/aromatic N) is 1. The number of aromatic nitrogens is 1. The molecule has 27 heavy (non-hydrogen) atoms. The highest BCUT2D eigenvalue weighted by Gasteiger charge is 2.43. The first kappa shape index (κ1) is 16.4. The topological polar surface area (TPSA) is 68.7 Å². The molecule has 2 fully saturated rings. The van der Waals surface area contributed by atoms with Gasteiger partial charge >= 0.3 is 0 Å². The molecule has 2 aliphatic rings. The lowest BCUT2D eigenvalue weighted by Gasteiger charge is -2.22. The first-order chi connectivity index (χ1) is 13.2. The molecule has 2 aromatic carbocycles. The predicted molar refractivity (Wildman–Crippen MR) is 106 cm³/mol. The van der Waals surface area contributed by atoms with E-state index < -0.39 is 6.04 Å². The molecule has 2 aliphatic carbocycles. The fourth-order valence-electron chi connectivity index (χ4n) is 5.24. The van der Waals surface area contributed by atoms with Crippen molar-refractivity contribution in [3.63, 3.8) is 0 Å². The van der Waals surface area contributed by atoms with Crippen LogP contribution in [0, 0.1) is 29.1 Å². The van der Waals surface area contributed by atoms with E-state index in [1.807, 2.05) is 12.1 Å². The van der Waals surface area contributed by atoms with Gasteiger partial charge in [-0.2, -0.15) is 5.26 Å². The second kappa shape index (κ2) is 6.42. The molecule has 2 saturated carbocycles. The molecular formula is C23H23N3O. The number of fused-ring (bicyclic) bond motifs is 5. The highest BCUT2D eigenvalue weighted by atomic mass is 16.2. The highest BCUT2D eigenvalue weighted by Crippen LogP contribution is 2.48. The lowest BCUT2D eigenvalue weighted by atomic mass is 9.88. The standard InChI is InChI=1S/C23H23N3O/c24-13-17(25-23(27)20-11-14-5-7-16(20)9-14)10-15-6-8-19-18-3-1-2-4-21(18)26-22(19)12-15/h1-4,6,8,12,14,16-17,20,26H,5,7,9-11H2,(H,25,27)/t14-,16+,17?,20+/m1/s1. The predicted octanol–water partition coefficient (Wildman–Crippen LogP) is 4.31. The largest absolute Gasteiger partial charge is 0.355 e. The minimum Gasteiger partial charge on any atom is -0.355 e. The van der Waals surface area contributed by atoms with Crippen molar-refractivity contribution in [3.8, 4) is 6.07 Å². The van der Waals surface area contributed by atoms with Crippen LogP contribution < -0.4 is 5.32 Å². The van der Waals surface area contributed by atoms with Gasteiger partial charge in [0.2, 0.25) is 5.91 Å². The van der Waals surface area contributed by atoms with Gasteiger partial charge in [0.05, 0.1) is 6.07 Å². The Labute approximate surface area is 158 Å². The number of aromatic amines is 1. The third kappa shape index (κ3) is 2.88. The number of H-pyrrole nitrogens is 1. The average molecular weight is 357 g/mol. The summed E-state index contributed by atoms with van der Waals surface area (Å²) < 4.78 is 0. The molecule has 4 nitrogen and oxygen atoms in total. The number of carbonyl (C=O) groups is 1. The molecule has 2 bridgehead atoms. The van der Waals surface area contributed by atoms with E-state index in [0.29, 0.717) is 12.3 Å². The monoisotopic (exact) mass is 357 g/mol. The number of amides is 1. The van der Waals surface area contributed by atoms with E-state index in [-0.39, 0.29) is 11.8 Å². The van der Waals surface area contributed by atoms with Crippen molar-refractivity contribution in [2.24, 2.45) is 17.8 Å². The van der Waals surface area contributed by atoms with Gasteiger partial charge in [-0.15, -0.1) is 0 Å². The van der Waals surface area contributed by atoms with Crippen LogP contribution in [0.1, 0.15) is 31.2 Å². The van der Waals surface area contributed by atoms with Gasteiger partial charge in [0.25, 0.3) is 0 Å². The summed E-state index contributed by atoms with van der Waals surface area (Å²) in [6, 6.07) is 16.3. The molecule has 0 aliphatic heterocycles. The maximum absolute atomic E-state index is 12.7. The van der Waals surface area contributed by atoms with Crippen LogP contribution in [-0.2, 0) is 11.2 Å². The van der Waals surface area contributed by atoms with E-state index in [9.17, 15) is 10.1 Å². The van der Waals surface area contributed by atoms with Crippen LogP contribution in [0.3, 0.4) is 0 Å². The fourth-order valence-corrected chi connectivity index (χ4v) is 5.24. The zero-order valence-electron chi connectivity index (χ0n) is 15.2. The van der Waals surface area contributed by atoms with E-state index in [0.717, 1.165) is 28.9 Å². The normalized spacial score (nSPS) is 24.9. The molecule has 2 N–H and O–H groups in total. The number of hydrogen-bond acceptors (Lipinski definition) is 2. The quantitative estimate of drug-likeness (QED) is 0.730. The van der Waals surface area contributed by atoms with Gasteiger partial charge in [0, 0.05) is 34.1 Å². The van der Waals surface area contributed by atoms with E-state index in [1.165, 1.54) is 30.0 Å². The van der Waals surface area contributed by atoms with Gasteiger partial charge < -0.3 is 10.3 Å². The lowest BCUT2D eigenvalue weighted by molar-refractivity contribution is -0.126. The van der Waals surface area contributed by atoms with Gasteiger partial charge in [-0.25, -0.2) is 0 Å². The van der Waals surface area contributed by atoms with E-state index >= 15 is 0 Å². The third-order valence-corrected chi connectivity index (χ3v) is 6.56. The number of nitrogens with one attached hydrogen (secondary N) is 2. The Kier molecular flexibility index (Phi) is 3.89. The fraction of sp³-hybridized carbons (Fsp3) is 0.391. The summed E-state index contributed by atoms with van der Waals surface area (Å²) >= 11 is 0. The number of carbonyl (C=O) groups excluding carboxylic acids is 1. The van der Waals surface area contributed by atoms with Crippen LogP contribution in [0.25, 0.3) is 21.8 Å². The van der Waals surface area contributed by atoms with Crippen molar-refractivity contribution in [2.75, 3.05) is 0 Å². The van der Waals surface area contributed by atoms with Crippen molar-refractivity contribution in [3.05, 3.63) is 48.0 Å². The second-order valence-electron chi connectivity index (χ2n) is 8.23.